The van der Waals surface area contributed by atoms with Crippen LogP contribution in [0.25, 0.3) is 0 Å². The predicted molar refractivity (Wildman–Crippen MR) is 84.1 cm³/mol. The maximum Gasteiger partial charge on any atom is 0.416 e. The average Bonchev–Trinajstić information content (AvgIpc) is 2.89. The zero-order chi connectivity index (χ0) is 15.7. The summed E-state index contributed by atoms with van der Waals surface area (Å²) in [4.78, 5) is 4.19. The predicted octanol–water partition coefficient (Wildman–Crippen LogP) is 4.19. The summed E-state index contributed by atoms with van der Waals surface area (Å²) in [6.45, 7) is 0. The number of rotatable bonds is 2. The molecule has 0 saturated heterocycles. The summed E-state index contributed by atoms with van der Waals surface area (Å²) in [5.74, 6) is 0. The fraction of sp³-hybridized carbons (Fsp3) is 0.133. The van der Waals surface area contributed by atoms with Crippen LogP contribution in [-0.2, 0) is 6.18 Å². The Kier molecular flexibility index (Phi) is 3.74. The first kappa shape index (κ1) is 14.8. The quantitative estimate of drug-likeness (QED) is 0.836. The highest BCUT2D eigenvalue weighted by Crippen LogP contribution is 2.33. The van der Waals surface area contributed by atoms with E-state index in [1.807, 2.05) is 30.3 Å². The Hall–Kier alpha value is -2.15. The van der Waals surface area contributed by atoms with Crippen LogP contribution < -0.4 is 10.0 Å². The monoisotopic (exact) mass is 323 g/mol. The maximum absolute atomic E-state index is 12.7. The van der Waals surface area contributed by atoms with Crippen molar-refractivity contribution in [2.45, 2.75) is 11.7 Å². The third-order valence-corrected chi connectivity index (χ3v) is 3.59. The highest BCUT2D eigenvalue weighted by atomic mass is 32.1. The topological polar surface area (TPSA) is 18.8 Å². The van der Waals surface area contributed by atoms with Crippen molar-refractivity contribution >= 4 is 30.3 Å². The standard InChI is InChI=1S/C15H12F3N3S/c16-15(17,18)11-6-8-13(9-7-11)21-14(22)19-10-20(21)12-4-2-1-3-5-12/h1-10,14,22H. The summed E-state index contributed by atoms with van der Waals surface area (Å²) >= 11 is 4.36. The molecule has 2 aromatic carbocycles. The van der Waals surface area contributed by atoms with Gasteiger partial charge in [0.25, 0.3) is 0 Å². The zero-order valence-electron chi connectivity index (χ0n) is 11.3. The van der Waals surface area contributed by atoms with Crippen LogP contribution in [0, 0.1) is 0 Å². The lowest BCUT2D eigenvalue weighted by molar-refractivity contribution is -0.137. The van der Waals surface area contributed by atoms with E-state index in [9.17, 15) is 13.2 Å². The molecule has 7 heteroatoms. The van der Waals surface area contributed by atoms with Gasteiger partial charge in [-0.2, -0.15) is 13.2 Å². The molecule has 0 amide bonds. The highest BCUT2D eigenvalue weighted by Gasteiger charge is 2.31. The van der Waals surface area contributed by atoms with Gasteiger partial charge in [-0.25, -0.2) is 15.0 Å². The van der Waals surface area contributed by atoms with Crippen LogP contribution >= 0.6 is 12.6 Å². The van der Waals surface area contributed by atoms with Gasteiger partial charge in [0.15, 0.2) is 5.50 Å². The van der Waals surface area contributed by atoms with E-state index in [0.29, 0.717) is 5.69 Å². The van der Waals surface area contributed by atoms with E-state index in [1.54, 1.807) is 16.4 Å². The molecule has 1 aliphatic rings. The summed E-state index contributed by atoms with van der Waals surface area (Å²) < 4.78 is 38.0. The number of hydrogen-bond acceptors (Lipinski definition) is 4. The molecule has 3 nitrogen and oxygen atoms in total. The van der Waals surface area contributed by atoms with Crippen molar-refractivity contribution in [2.24, 2.45) is 4.99 Å². The molecule has 0 aromatic heterocycles. The lowest BCUT2D eigenvalue weighted by Gasteiger charge is -2.31. The average molecular weight is 323 g/mol. The van der Waals surface area contributed by atoms with Crippen LogP contribution in [-0.4, -0.2) is 11.8 Å². The number of thiol groups is 1. The molecular formula is C15H12F3N3S. The maximum atomic E-state index is 12.7. The minimum atomic E-state index is -4.35. The van der Waals surface area contributed by atoms with Gasteiger partial charge < -0.3 is 0 Å². The van der Waals surface area contributed by atoms with Gasteiger partial charge in [0.1, 0.15) is 6.34 Å². The van der Waals surface area contributed by atoms with Crippen LogP contribution in [0.4, 0.5) is 24.5 Å². The second kappa shape index (κ2) is 5.57. The smallest absolute Gasteiger partial charge is 0.246 e. The van der Waals surface area contributed by atoms with E-state index in [2.05, 4.69) is 17.6 Å². The molecule has 1 unspecified atom stereocenters. The summed E-state index contributed by atoms with van der Waals surface area (Å²) in [6.07, 6.45) is -2.75. The minimum Gasteiger partial charge on any atom is -0.246 e. The van der Waals surface area contributed by atoms with E-state index in [0.717, 1.165) is 17.8 Å². The van der Waals surface area contributed by atoms with Crippen molar-refractivity contribution in [2.75, 3.05) is 10.0 Å². The Bertz CT molecular complexity index is 671. The van der Waals surface area contributed by atoms with Crippen molar-refractivity contribution in [1.82, 2.24) is 0 Å². The fourth-order valence-corrected chi connectivity index (χ4v) is 2.49. The number of alkyl halides is 3. The molecule has 1 aliphatic heterocycles. The van der Waals surface area contributed by atoms with Crippen LogP contribution in [0.5, 0.6) is 0 Å². The first-order chi connectivity index (χ1) is 10.5. The first-order valence-electron chi connectivity index (χ1n) is 6.49. The van der Waals surface area contributed by atoms with E-state index in [1.165, 1.54) is 12.1 Å². The lowest BCUT2D eigenvalue weighted by Crippen LogP contribution is -2.40. The number of anilines is 2. The van der Waals surface area contributed by atoms with Crippen molar-refractivity contribution in [3.63, 3.8) is 0 Å². The summed E-state index contributed by atoms with van der Waals surface area (Å²) in [5, 5.41) is 3.46. The van der Waals surface area contributed by atoms with Crippen molar-refractivity contribution < 1.29 is 13.2 Å². The van der Waals surface area contributed by atoms with E-state index < -0.39 is 17.2 Å². The molecule has 1 atom stereocenters. The lowest BCUT2D eigenvalue weighted by atomic mass is 10.2. The molecule has 0 bridgehead atoms. The SMILES string of the molecule is FC(F)(F)c1ccc(N2C(S)N=CN2c2ccccc2)cc1. The summed E-state index contributed by atoms with van der Waals surface area (Å²) in [5.41, 5.74) is 0.257. The Morgan fingerprint density at radius 3 is 2.14 bits per heavy atom. The fourth-order valence-electron chi connectivity index (χ4n) is 2.19. The number of aliphatic imine (C=N–C) groups is 1. The van der Waals surface area contributed by atoms with Gasteiger partial charge in [-0.1, -0.05) is 18.2 Å². The Morgan fingerprint density at radius 2 is 1.55 bits per heavy atom. The molecule has 0 saturated carbocycles. The molecule has 0 spiro atoms. The first-order valence-corrected chi connectivity index (χ1v) is 7.00. The largest absolute Gasteiger partial charge is 0.416 e. The van der Waals surface area contributed by atoms with Gasteiger partial charge in [-0.15, -0.1) is 12.6 Å². The number of benzene rings is 2. The number of para-hydroxylation sites is 1. The number of hydrogen-bond donors (Lipinski definition) is 1. The van der Waals surface area contributed by atoms with Gasteiger partial charge in [0.2, 0.25) is 0 Å². The van der Waals surface area contributed by atoms with Gasteiger partial charge >= 0.3 is 6.18 Å². The highest BCUT2D eigenvalue weighted by molar-refractivity contribution is 7.81. The van der Waals surface area contributed by atoms with Crippen LogP contribution in [0.3, 0.4) is 0 Å². The van der Waals surface area contributed by atoms with Crippen LogP contribution in [0.15, 0.2) is 59.6 Å². The number of hydrazine groups is 1. The van der Waals surface area contributed by atoms with Crippen molar-refractivity contribution in [1.29, 1.82) is 0 Å². The van der Waals surface area contributed by atoms with Gasteiger partial charge in [0.05, 0.1) is 16.9 Å². The van der Waals surface area contributed by atoms with Gasteiger partial charge in [0, 0.05) is 0 Å². The molecule has 114 valence electrons. The Balaban J connectivity index is 1.92. The Morgan fingerprint density at radius 1 is 0.909 bits per heavy atom. The third kappa shape index (κ3) is 2.76. The van der Waals surface area contributed by atoms with Gasteiger partial charge in [-0.05, 0) is 36.4 Å². The van der Waals surface area contributed by atoms with E-state index >= 15 is 0 Å². The molecule has 3 rings (SSSR count). The third-order valence-electron chi connectivity index (χ3n) is 3.24. The van der Waals surface area contributed by atoms with Gasteiger partial charge in [-0.3, -0.25) is 0 Å². The molecule has 2 aromatic rings. The molecule has 1 heterocycles. The molecule has 0 fully saturated rings. The molecule has 0 radical (unpaired) electrons. The Labute approximate surface area is 131 Å². The molecule has 0 N–H and O–H groups in total. The second-order valence-electron chi connectivity index (χ2n) is 4.68. The van der Waals surface area contributed by atoms with E-state index in [4.69, 9.17) is 0 Å². The van der Waals surface area contributed by atoms with Crippen LogP contribution in [0.2, 0.25) is 0 Å². The van der Waals surface area contributed by atoms with Crippen LogP contribution in [0.1, 0.15) is 5.56 Å². The molecular weight excluding hydrogens is 311 g/mol. The van der Waals surface area contributed by atoms with Crippen molar-refractivity contribution in [3.8, 4) is 0 Å². The van der Waals surface area contributed by atoms with Crippen molar-refractivity contribution in [3.05, 3.63) is 60.2 Å². The zero-order valence-corrected chi connectivity index (χ0v) is 12.2. The molecule has 0 aliphatic carbocycles. The summed E-state index contributed by atoms with van der Waals surface area (Å²) in [6, 6.07) is 14.3. The molecule has 22 heavy (non-hydrogen) atoms. The second-order valence-corrected chi connectivity index (χ2v) is 5.14. The summed E-state index contributed by atoms with van der Waals surface area (Å²) in [7, 11) is 0. The number of nitrogens with zero attached hydrogens (tertiary/aromatic N) is 3. The van der Waals surface area contributed by atoms with E-state index in [-0.39, 0.29) is 0 Å². The minimum absolute atomic E-state index is 0.489. The normalized spacial score (nSPS) is 18.1. The number of halogens is 3.